The van der Waals surface area contributed by atoms with Gasteiger partial charge in [-0.25, -0.2) is 4.79 Å². The van der Waals surface area contributed by atoms with Crippen molar-refractivity contribution in [2.75, 3.05) is 39.6 Å². The Balaban J connectivity index is 3.03. The monoisotopic (exact) mass is 508 g/mol. The Morgan fingerprint density at radius 1 is 0.697 bits per heavy atom. The minimum absolute atomic E-state index is 0.0240. The smallest absolute Gasteiger partial charge is 0.369 e. The SMILES string of the molecule is O=C(NC(COCC(F)(F)F)(COCC(F)(F)F)COCC(F)(F)F)ON1C(=O)CCC1=O. The van der Waals surface area contributed by atoms with Crippen molar-refractivity contribution in [3.8, 4) is 0 Å². The minimum atomic E-state index is -4.94. The van der Waals surface area contributed by atoms with Gasteiger partial charge in [-0.2, -0.15) is 39.5 Å². The third-order valence-corrected chi connectivity index (χ3v) is 3.48. The number of alkyl halides is 9. The van der Waals surface area contributed by atoms with Crippen molar-refractivity contribution < 1.29 is 72.9 Å². The molecule has 1 fully saturated rings. The molecule has 1 N–H and O–H groups in total. The van der Waals surface area contributed by atoms with E-state index < -0.39 is 81.6 Å². The van der Waals surface area contributed by atoms with E-state index in [2.05, 4.69) is 19.0 Å². The standard InChI is InChI=1S/C15H17F9N2O7/c16-13(17,18)6-30-3-12(4-31-7-14(19,20)21,5-32-8-15(22,23)24)25-11(29)33-26-9(27)1-2-10(26)28/h1-8H2,(H,25,29). The molecule has 1 aliphatic heterocycles. The molecule has 1 saturated heterocycles. The lowest BCUT2D eigenvalue weighted by molar-refractivity contribution is -0.202. The fraction of sp³-hybridized carbons (Fsp3) is 0.800. The van der Waals surface area contributed by atoms with E-state index in [-0.39, 0.29) is 17.9 Å². The number of ether oxygens (including phenoxy) is 3. The fourth-order valence-corrected chi connectivity index (χ4v) is 2.30. The molecule has 0 radical (unpaired) electrons. The second-order valence-electron chi connectivity index (χ2n) is 6.69. The summed E-state index contributed by atoms with van der Waals surface area (Å²) in [4.78, 5) is 39.4. The highest BCUT2D eigenvalue weighted by molar-refractivity contribution is 6.01. The summed E-state index contributed by atoms with van der Waals surface area (Å²) >= 11 is 0. The molecule has 0 aromatic rings. The zero-order valence-corrected chi connectivity index (χ0v) is 16.4. The van der Waals surface area contributed by atoms with Crippen molar-refractivity contribution in [2.45, 2.75) is 36.9 Å². The van der Waals surface area contributed by atoms with E-state index in [9.17, 15) is 53.9 Å². The molecule has 1 rings (SSSR count). The first-order valence-corrected chi connectivity index (χ1v) is 8.71. The van der Waals surface area contributed by atoms with Crippen molar-refractivity contribution >= 4 is 17.9 Å². The molecule has 0 aliphatic carbocycles. The summed E-state index contributed by atoms with van der Waals surface area (Å²) in [7, 11) is 0. The third kappa shape index (κ3) is 11.9. The molecule has 1 heterocycles. The van der Waals surface area contributed by atoms with Crippen LogP contribution >= 0.6 is 0 Å². The third-order valence-electron chi connectivity index (χ3n) is 3.48. The summed E-state index contributed by atoms with van der Waals surface area (Å²) in [5.74, 6) is -1.98. The normalized spacial score (nSPS) is 15.8. The summed E-state index contributed by atoms with van der Waals surface area (Å²) < 4.78 is 124. The van der Waals surface area contributed by atoms with Gasteiger partial charge in [0.25, 0.3) is 11.8 Å². The van der Waals surface area contributed by atoms with Crippen LogP contribution in [0.2, 0.25) is 0 Å². The Morgan fingerprint density at radius 2 is 1.03 bits per heavy atom. The van der Waals surface area contributed by atoms with Gasteiger partial charge in [0.05, 0.1) is 19.8 Å². The Hall–Kier alpha value is -2.34. The molecule has 0 unspecified atom stereocenters. The molecule has 0 aromatic carbocycles. The minimum Gasteiger partial charge on any atom is -0.369 e. The van der Waals surface area contributed by atoms with Gasteiger partial charge < -0.3 is 24.4 Å². The van der Waals surface area contributed by atoms with Crippen molar-refractivity contribution in [1.29, 1.82) is 0 Å². The zero-order chi connectivity index (χ0) is 25.5. The first-order valence-electron chi connectivity index (χ1n) is 8.71. The number of imide groups is 1. The number of rotatable bonds is 11. The van der Waals surface area contributed by atoms with Crippen LogP contribution in [-0.4, -0.2) is 86.7 Å². The van der Waals surface area contributed by atoms with Crippen LogP contribution in [0.15, 0.2) is 0 Å². The van der Waals surface area contributed by atoms with Gasteiger partial charge in [0.2, 0.25) is 0 Å². The van der Waals surface area contributed by atoms with Gasteiger partial charge >= 0.3 is 24.6 Å². The van der Waals surface area contributed by atoms with E-state index in [0.717, 1.165) is 0 Å². The topological polar surface area (TPSA) is 103 Å². The highest BCUT2D eigenvalue weighted by Crippen LogP contribution is 2.21. The number of carbonyl (C=O) groups excluding carboxylic acids is 3. The summed E-state index contributed by atoms with van der Waals surface area (Å²) in [5, 5.41) is 1.65. The average molecular weight is 508 g/mol. The quantitative estimate of drug-likeness (QED) is 0.338. The van der Waals surface area contributed by atoms with E-state index in [1.165, 1.54) is 0 Å². The molecule has 33 heavy (non-hydrogen) atoms. The molecule has 0 bridgehead atoms. The maximum absolute atomic E-state index is 12.4. The summed E-state index contributed by atoms with van der Waals surface area (Å²) in [5.41, 5.74) is -2.58. The van der Waals surface area contributed by atoms with Crippen LogP contribution in [0.5, 0.6) is 0 Å². The fourth-order valence-electron chi connectivity index (χ4n) is 2.30. The number of hydrogen-bond acceptors (Lipinski definition) is 7. The molecule has 0 aromatic heterocycles. The van der Waals surface area contributed by atoms with Gasteiger partial charge in [-0.15, -0.1) is 5.06 Å². The summed E-state index contributed by atoms with van der Waals surface area (Å²) in [6, 6.07) is 0. The summed E-state index contributed by atoms with van der Waals surface area (Å²) in [6.45, 7) is -10.0. The predicted molar refractivity (Wildman–Crippen MR) is 84.1 cm³/mol. The van der Waals surface area contributed by atoms with Gasteiger partial charge in [-0.1, -0.05) is 0 Å². The number of nitrogens with one attached hydrogen (secondary N) is 1. The van der Waals surface area contributed by atoms with E-state index in [4.69, 9.17) is 0 Å². The molecule has 18 heteroatoms. The Kier molecular flexibility index (Phi) is 9.73. The second kappa shape index (κ2) is 11.2. The van der Waals surface area contributed by atoms with Crippen molar-refractivity contribution in [2.24, 2.45) is 0 Å². The highest BCUT2D eigenvalue weighted by atomic mass is 19.4. The van der Waals surface area contributed by atoms with Crippen LogP contribution in [0.25, 0.3) is 0 Å². The second-order valence-corrected chi connectivity index (χ2v) is 6.69. The first-order chi connectivity index (χ1) is 14.9. The van der Waals surface area contributed by atoms with Gasteiger partial charge in [0.1, 0.15) is 25.4 Å². The molecule has 192 valence electrons. The van der Waals surface area contributed by atoms with Crippen LogP contribution in [0.3, 0.4) is 0 Å². The largest absolute Gasteiger partial charge is 0.432 e. The van der Waals surface area contributed by atoms with Crippen molar-refractivity contribution in [3.63, 3.8) is 0 Å². The molecule has 1 aliphatic rings. The molecule has 9 nitrogen and oxygen atoms in total. The molecule has 3 amide bonds. The number of hydroxylamine groups is 2. The number of nitrogens with zero attached hydrogens (tertiary/aromatic N) is 1. The first kappa shape index (κ1) is 28.7. The molecule has 0 spiro atoms. The van der Waals surface area contributed by atoms with Crippen LogP contribution in [0.1, 0.15) is 12.8 Å². The number of amides is 3. The predicted octanol–water partition coefficient (Wildman–Crippen LogP) is 2.25. The molecular formula is C15H17F9N2O7. The molecule has 0 atom stereocenters. The zero-order valence-electron chi connectivity index (χ0n) is 16.4. The molecular weight excluding hydrogens is 491 g/mol. The highest BCUT2D eigenvalue weighted by Gasteiger charge is 2.41. The van der Waals surface area contributed by atoms with E-state index in [1.54, 1.807) is 5.32 Å². The van der Waals surface area contributed by atoms with E-state index >= 15 is 0 Å². The van der Waals surface area contributed by atoms with Crippen LogP contribution in [0, 0.1) is 0 Å². The van der Waals surface area contributed by atoms with Crippen LogP contribution in [0.4, 0.5) is 44.3 Å². The van der Waals surface area contributed by atoms with Gasteiger partial charge in [-0.3, -0.25) is 9.59 Å². The number of carbonyl (C=O) groups is 3. The van der Waals surface area contributed by atoms with Gasteiger partial charge in [0.15, 0.2) is 0 Å². The lowest BCUT2D eigenvalue weighted by Crippen LogP contribution is -2.60. The van der Waals surface area contributed by atoms with Crippen LogP contribution < -0.4 is 5.32 Å². The van der Waals surface area contributed by atoms with Crippen molar-refractivity contribution in [3.05, 3.63) is 0 Å². The average Bonchev–Trinajstić information content (AvgIpc) is 2.90. The maximum Gasteiger partial charge on any atom is 0.432 e. The van der Waals surface area contributed by atoms with E-state index in [1.807, 2.05) is 0 Å². The lowest BCUT2D eigenvalue weighted by Gasteiger charge is -2.34. The van der Waals surface area contributed by atoms with Gasteiger partial charge in [-0.05, 0) is 0 Å². The van der Waals surface area contributed by atoms with Gasteiger partial charge in [0, 0.05) is 12.8 Å². The Bertz CT molecular complexity index is 628. The molecule has 0 saturated carbocycles. The van der Waals surface area contributed by atoms with Crippen LogP contribution in [-0.2, 0) is 28.6 Å². The number of hydrogen-bond donors (Lipinski definition) is 1. The Labute approximate surface area is 179 Å². The van der Waals surface area contributed by atoms with E-state index in [0.29, 0.717) is 0 Å². The van der Waals surface area contributed by atoms with Crippen molar-refractivity contribution in [1.82, 2.24) is 10.4 Å². The summed E-state index contributed by atoms with van der Waals surface area (Å²) in [6.07, 6.45) is -17.3. The maximum atomic E-state index is 12.4. The Morgan fingerprint density at radius 3 is 1.33 bits per heavy atom. The number of halogens is 9. The lowest BCUT2D eigenvalue weighted by atomic mass is 10.0.